The van der Waals surface area contributed by atoms with E-state index in [9.17, 15) is 0 Å². The Kier molecular flexibility index (Phi) is 2.52. The van der Waals surface area contributed by atoms with Gasteiger partial charge in [-0.1, -0.05) is 26.8 Å². The second-order valence-electron chi connectivity index (χ2n) is 7.16. The van der Waals surface area contributed by atoms with Crippen LogP contribution in [0.1, 0.15) is 63.1 Å². The molecule has 98 valence electrons. The average Bonchev–Trinajstić information content (AvgIpc) is 2.25. The number of hydrogen-bond donors (Lipinski definition) is 0. The topological polar surface area (TPSA) is 9.23 Å². The van der Waals surface area contributed by atoms with Gasteiger partial charge in [-0.15, -0.1) is 0 Å². The smallest absolute Gasteiger partial charge is 0.123 e. The summed E-state index contributed by atoms with van der Waals surface area (Å²) in [6.07, 6.45) is 6.27. The summed E-state index contributed by atoms with van der Waals surface area (Å²) >= 11 is 0. The van der Waals surface area contributed by atoms with Gasteiger partial charge in [0.1, 0.15) is 11.4 Å². The van der Waals surface area contributed by atoms with Crippen molar-refractivity contribution in [3.8, 4) is 5.75 Å². The summed E-state index contributed by atoms with van der Waals surface area (Å²) in [7, 11) is 0. The molecule has 1 aromatic rings. The van der Waals surface area contributed by atoms with Crippen molar-refractivity contribution < 1.29 is 4.74 Å². The largest absolute Gasteiger partial charge is 0.487 e. The van der Waals surface area contributed by atoms with E-state index in [0.717, 1.165) is 0 Å². The Bertz CT molecular complexity index is 475. The number of aryl methyl sites for hydroxylation is 1. The normalized spacial score (nSPS) is 21.1. The molecule has 0 atom stereocenters. The van der Waals surface area contributed by atoms with Crippen LogP contribution < -0.4 is 4.74 Å². The molecule has 0 unspecified atom stereocenters. The molecule has 0 radical (unpaired) electrons. The molecule has 0 bridgehead atoms. The molecule has 1 aromatic carbocycles. The van der Waals surface area contributed by atoms with Crippen molar-refractivity contribution in [2.45, 2.75) is 70.8 Å². The van der Waals surface area contributed by atoms with Gasteiger partial charge in [0.2, 0.25) is 0 Å². The first kappa shape index (κ1) is 12.1. The molecule has 1 aliphatic carbocycles. The van der Waals surface area contributed by atoms with Gasteiger partial charge in [0, 0.05) is 0 Å². The Hall–Kier alpha value is -0.980. The summed E-state index contributed by atoms with van der Waals surface area (Å²) < 4.78 is 6.37. The lowest BCUT2D eigenvalue weighted by Crippen LogP contribution is -2.45. The number of rotatable bonds is 0. The second-order valence-corrected chi connectivity index (χ2v) is 7.16. The highest BCUT2D eigenvalue weighted by Gasteiger charge is 2.42. The summed E-state index contributed by atoms with van der Waals surface area (Å²) in [5.41, 5.74) is 4.66. The van der Waals surface area contributed by atoms with Crippen LogP contribution in [-0.4, -0.2) is 5.60 Å². The van der Waals surface area contributed by atoms with Crippen LogP contribution in [-0.2, 0) is 11.8 Å². The van der Waals surface area contributed by atoms with E-state index in [1.165, 1.54) is 54.5 Å². The molecule has 1 aliphatic heterocycles. The van der Waals surface area contributed by atoms with Crippen LogP contribution in [0.25, 0.3) is 0 Å². The van der Waals surface area contributed by atoms with Crippen LogP contribution in [0.5, 0.6) is 5.75 Å². The fraction of sp³-hybridized carbons (Fsp3) is 0.647. The number of ether oxygens (including phenoxy) is 1. The zero-order valence-corrected chi connectivity index (χ0v) is 12.1. The number of benzene rings is 1. The van der Waals surface area contributed by atoms with Crippen molar-refractivity contribution in [2.24, 2.45) is 0 Å². The van der Waals surface area contributed by atoms with E-state index in [2.05, 4.69) is 39.8 Å². The lowest BCUT2D eigenvalue weighted by Gasteiger charge is -2.46. The third-order valence-corrected chi connectivity index (χ3v) is 4.72. The third-order valence-electron chi connectivity index (χ3n) is 4.72. The van der Waals surface area contributed by atoms with Crippen LogP contribution in [0.4, 0.5) is 0 Å². The van der Waals surface area contributed by atoms with Crippen LogP contribution in [0.15, 0.2) is 12.1 Å². The van der Waals surface area contributed by atoms with E-state index in [0.29, 0.717) is 0 Å². The quantitative estimate of drug-likeness (QED) is 0.651. The van der Waals surface area contributed by atoms with Gasteiger partial charge in [0.25, 0.3) is 0 Å². The predicted octanol–water partition coefficient (Wildman–Crippen LogP) is 4.54. The highest BCUT2D eigenvalue weighted by molar-refractivity contribution is 5.47. The first-order valence-electron chi connectivity index (χ1n) is 7.23. The van der Waals surface area contributed by atoms with Gasteiger partial charge in [-0.2, -0.15) is 0 Å². The van der Waals surface area contributed by atoms with Crippen molar-refractivity contribution in [1.82, 2.24) is 0 Å². The molecule has 1 spiro atoms. The van der Waals surface area contributed by atoms with Crippen LogP contribution in [0.2, 0.25) is 0 Å². The van der Waals surface area contributed by atoms with Gasteiger partial charge in [-0.05, 0) is 67.2 Å². The zero-order chi connectivity index (χ0) is 13.0. The summed E-state index contributed by atoms with van der Waals surface area (Å²) in [6.45, 7) is 9.05. The van der Waals surface area contributed by atoms with Gasteiger partial charge in [-0.25, -0.2) is 0 Å². The van der Waals surface area contributed by atoms with Crippen molar-refractivity contribution in [2.75, 3.05) is 0 Å². The monoisotopic (exact) mass is 244 g/mol. The molecule has 18 heavy (non-hydrogen) atoms. The van der Waals surface area contributed by atoms with E-state index in [4.69, 9.17) is 4.74 Å². The maximum absolute atomic E-state index is 6.37. The molecule has 2 aliphatic rings. The molecular weight excluding hydrogens is 220 g/mol. The molecule has 0 N–H and O–H groups in total. The van der Waals surface area contributed by atoms with Gasteiger partial charge >= 0.3 is 0 Å². The second kappa shape index (κ2) is 3.76. The first-order chi connectivity index (χ1) is 8.40. The summed E-state index contributed by atoms with van der Waals surface area (Å²) in [6, 6.07) is 4.64. The van der Waals surface area contributed by atoms with E-state index in [-0.39, 0.29) is 11.0 Å². The van der Waals surface area contributed by atoms with Crippen LogP contribution in [0.3, 0.4) is 0 Å². The molecule has 0 amide bonds. The summed E-state index contributed by atoms with van der Waals surface area (Å²) in [5, 5.41) is 0. The van der Waals surface area contributed by atoms with Crippen molar-refractivity contribution in [1.29, 1.82) is 0 Å². The molecule has 1 heterocycles. The number of fused-ring (bicyclic) bond motifs is 1. The third kappa shape index (κ3) is 1.84. The maximum atomic E-state index is 6.37. The van der Waals surface area contributed by atoms with Crippen molar-refractivity contribution >= 4 is 0 Å². The Morgan fingerprint density at radius 2 is 1.83 bits per heavy atom. The van der Waals surface area contributed by atoms with E-state index >= 15 is 0 Å². The molecule has 1 nitrogen and oxygen atoms in total. The van der Waals surface area contributed by atoms with Crippen LogP contribution >= 0.6 is 0 Å². The highest BCUT2D eigenvalue weighted by Crippen LogP contribution is 2.46. The van der Waals surface area contributed by atoms with E-state index < -0.39 is 0 Å². The molecule has 0 aromatic heterocycles. The lowest BCUT2D eigenvalue weighted by molar-refractivity contribution is -0.0251. The number of hydrogen-bond acceptors (Lipinski definition) is 1. The first-order valence-corrected chi connectivity index (χ1v) is 7.23. The van der Waals surface area contributed by atoms with E-state index in [1.54, 1.807) is 0 Å². The Morgan fingerprint density at radius 1 is 1.11 bits per heavy atom. The minimum Gasteiger partial charge on any atom is -0.487 e. The van der Waals surface area contributed by atoms with Gasteiger partial charge in [-0.3, -0.25) is 0 Å². The molecule has 1 saturated carbocycles. The highest BCUT2D eigenvalue weighted by atomic mass is 16.5. The van der Waals surface area contributed by atoms with Gasteiger partial charge in [0.15, 0.2) is 0 Å². The van der Waals surface area contributed by atoms with E-state index in [1.807, 2.05) is 0 Å². The van der Waals surface area contributed by atoms with Gasteiger partial charge < -0.3 is 4.74 Å². The van der Waals surface area contributed by atoms with Crippen molar-refractivity contribution in [3.63, 3.8) is 0 Å². The van der Waals surface area contributed by atoms with Crippen LogP contribution in [0, 0.1) is 6.92 Å². The predicted molar refractivity (Wildman–Crippen MR) is 75.4 cm³/mol. The Balaban J connectivity index is 2.02. The lowest BCUT2D eigenvalue weighted by atomic mass is 9.73. The fourth-order valence-corrected chi connectivity index (χ4v) is 3.19. The van der Waals surface area contributed by atoms with Crippen molar-refractivity contribution in [3.05, 3.63) is 28.8 Å². The summed E-state index contributed by atoms with van der Waals surface area (Å²) in [4.78, 5) is 0. The Labute approximate surface area is 111 Å². The van der Waals surface area contributed by atoms with Gasteiger partial charge in [0.05, 0.1) is 0 Å². The molecule has 1 heteroatoms. The molecule has 0 saturated heterocycles. The zero-order valence-electron chi connectivity index (χ0n) is 12.1. The Morgan fingerprint density at radius 3 is 2.39 bits per heavy atom. The molecule has 3 rings (SSSR count). The minimum absolute atomic E-state index is 0.202. The summed E-state index contributed by atoms with van der Waals surface area (Å²) in [5.74, 6) is 1.17. The fourth-order valence-electron chi connectivity index (χ4n) is 3.19. The standard InChI is InChI=1S/C17H24O/c1-12-10-13(16(2,3)4)11-15-14(12)6-9-17(18-15)7-5-8-17/h10-11H,5-9H2,1-4H3. The maximum Gasteiger partial charge on any atom is 0.123 e. The average molecular weight is 244 g/mol. The SMILES string of the molecule is Cc1cc(C(C)(C)C)cc2c1CCC1(CCC1)O2. The minimum atomic E-state index is 0.202. The molecular formula is C17H24O. The molecule has 1 fully saturated rings.